The fourth-order valence-corrected chi connectivity index (χ4v) is 5.08. The summed E-state index contributed by atoms with van der Waals surface area (Å²) in [7, 11) is 1.68. The van der Waals surface area contributed by atoms with Gasteiger partial charge in [-0.05, 0) is 59.9 Å². The van der Waals surface area contributed by atoms with Gasteiger partial charge in [0.05, 0.1) is 19.0 Å². The molecule has 178 valence electrons. The van der Waals surface area contributed by atoms with E-state index >= 15 is 0 Å². The summed E-state index contributed by atoms with van der Waals surface area (Å²) in [5, 5.41) is 11.0. The van der Waals surface area contributed by atoms with Crippen molar-refractivity contribution in [1.29, 1.82) is 0 Å². The van der Waals surface area contributed by atoms with E-state index in [2.05, 4.69) is 32.7 Å². The average Bonchev–Trinajstić information content (AvgIpc) is 3.48. The van der Waals surface area contributed by atoms with Crippen LogP contribution in [-0.4, -0.2) is 57.3 Å². The Bertz CT molecular complexity index is 1370. The van der Waals surface area contributed by atoms with Crippen molar-refractivity contribution in [2.45, 2.75) is 38.4 Å². The Morgan fingerprint density at radius 3 is 2.71 bits per heavy atom. The standard InChI is InChI=1S/C25H24N6O4/c1-35-19-4-2-16-12-29(9-8-15(16)11-19)22-14-31(28-27-22)18-3-5-20-17(10-18)13-30(25(20)34)21-6-7-23(32)26-24(21)33/h2-5,10-11,14,21H,6-9,12-13H2,1H3,(H,26,32,33). The molecule has 0 radical (unpaired) electrons. The van der Waals surface area contributed by atoms with Gasteiger partial charge in [0.15, 0.2) is 5.82 Å². The Kier molecular flexibility index (Phi) is 5.01. The molecular formula is C25H24N6O4. The summed E-state index contributed by atoms with van der Waals surface area (Å²) in [6.45, 7) is 1.90. The van der Waals surface area contributed by atoms with Crippen LogP contribution in [0.2, 0.25) is 0 Å². The lowest BCUT2D eigenvalue weighted by Crippen LogP contribution is -2.52. The molecule has 0 aliphatic carbocycles. The lowest BCUT2D eigenvalue weighted by molar-refractivity contribution is -0.136. The van der Waals surface area contributed by atoms with Gasteiger partial charge in [0.25, 0.3) is 5.91 Å². The number of aromatic nitrogens is 3. The maximum absolute atomic E-state index is 12.9. The monoisotopic (exact) mass is 472 g/mol. The molecule has 0 saturated carbocycles. The average molecular weight is 473 g/mol. The van der Waals surface area contributed by atoms with E-state index < -0.39 is 11.9 Å². The first kappa shape index (κ1) is 21.3. The van der Waals surface area contributed by atoms with Crippen LogP contribution in [0.4, 0.5) is 5.82 Å². The van der Waals surface area contributed by atoms with Crippen LogP contribution in [0.5, 0.6) is 5.75 Å². The number of carbonyl (C=O) groups excluding carboxylic acids is 3. The number of amides is 3. The number of ether oxygens (including phenoxy) is 1. The van der Waals surface area contributed by atoms with Gasteiger partial charge in [0, 0.05) is 31.6 Å². The molecule has 1 saturated heterocycles. The van der Waals surface area contributed by atoms with E-state index in [4.69, 9.17) is 4.74 Å². The molecule has 1 N–H and O–H groups in total. The lowest BCUT2D eigenvalue weighted by Gasteiger charge is -2.29. The van der Waals surface area contributed by atoms with Crippen LogP contribution in [0.25, 0.3) is 5.69 Å². The molecule has 1 atom stereocenters. The zero-order chi connectivity index (χ0) is 24.1. The second-order valence-corrected chi connectivity index (χ2v) is 9.07. The number of carbonyl (C=O) groups is 3. The second-order valence-electron chi connectivity index (χ2n) is 9.07. The van der Waals surface area contributed by atoms with Crippen LogP contribution in [0.15, 0.2) is 42.6 Å². The molecule has 3 aromatic rings. The van der Waals surface area contributed by atoms with Gasteiger partial charge in [0.1, 0.15) is 11.8 Å². The summed E-state index contributed by atoms with van der Waals surface area (Å²) >= 11 is 0. The molecular weight excluding hydrogens is 448 g/mol. The van der Waals surface area contributed by atoms with Crippen LogP contribution >= 0.6 is 0 Å². The van der Waals surface area contributed by atoms with E-state index in [1.807, 2.05) is 24.4 Å². The molecule has 35 heavy (non-hydrogen) atoms. The van der Waals surface area contributed by atoms with Crippen LogP contribution in [0.3, 0.4) is 0 Å². The summed E-state index contributed by atoms with van der Waals surface area (Å²) < 4.78 is 7.04. The summed E-state index contributed by atoms with van der Waals surface area (Å²) in [6.07, 6.45) is 3.37. The van der Waals surface area contributed by atoms with Crippen molar-refractivity contribution in [3.8, 4) is 11.4 Å². The molecule has 1 fully saturated rings. The van der Waals surface area contributed by atoms with E-state index in [0.717, 1.165) is 42.3 Å². The molecule has 4 heterocycles. The van der Waals surface area contributed by atoms with Gasteiger partial charge < -0.3 is 14.5 Å². The number of anilines is 1. The quantitative estimate of drug-likeness (QED) is 0.575. The fourth-order valence-electron chi connectivity index (χ4n) is 5.08. The predicted molar refractivity (Wildman–Crippen MR) is 125 cm³/mol. The summed E-state index contributed by atoms with van der Waals surface area (Å²) in [5.41, 5.74) is 4.73. The summed E-state index contributed by atoms with van der Waals surface area (Å²) in [6, 6.07) is 11.0. The van der Waals surface area contributed by atoms with Crippen molar-refractivity contribution in [3.05, 3.63) is 64.8 Å². The highest BCUT2D eigenvalue weighted by molar-refractivity contribution is 6.05. The van der Waals surface area contributed by atoms with Crippen molar-refractivity contribution in [3.63, 3.8) is 0 Å². The molecule has 0 spiro atoms. The van der Waals surface area contributed by atoms with Gasteiger partial charge in [-0.25, -0.2) is 4.68 Å². The summed E-state index contributed by atoms with van der Waals surface area (Å²) in [5.74, 6) is 0.758. The number of hydrogen-bond acceptors (Lipinski definition) is 7. The van der Waals surface area contributed by atoms with Crippen LogP contribution in [-0.2, 0) is 29.1 Å². The first-order valence-electron chi connectivity index (χ1n) is 11.6. The number of nitrogens with zero attached hydrogens (tertiary/aromatic N) is 5. The van der Waals surface area contributed by atoms with E-state index in [-0.39, 0.29) is 18.2 Å². The van der Waals surface area contributed by atoms with Gasteiger partial charge in [-0.2, -0.15) is 0 Å². The van der Waals surface area contributed by atoms with Crippen molar-refractivity contribution >= 4 is 23.5 Å². The maximum Gasteiger partial charge on any atom is 0.255 e. The van der Waals surface area contributed by atoms with E-state index in [1.165, 1.54) is 11.1 Å². The Labute approximate surface area is 201 Å². The van der Waals surface area contributed by atoms with Crippen molar-refractivity contribution < 1.29 is 19.1 Å². The molecule has 3 amide bonds. The van der Waals surface area contributed by atoms with E-state index in [0.29, 0.717) is 18.5 Å². The smallest absolute Gasteiger partial charge is 0.255 e. The zero-order valence-electron chi connectivity index (χ0n) is 19.2. The Morgan fingerprint density at radius 2 is 1.89 bits per heavy atom. The minimum Gasteiger partial charge on any atom is -0.497 e. The first-order chi connectivity index (χ1) is 17.0. The number of rotatable bonds is 4. The second kappa shape index (κ2) is 8.23. The third kappa shape index (κ3) is 3.71. The minimum atomic E-state index is -0.629. The van der Waals surface area contributed by atoms with Gasteiger partial charge in [0.2, 0.25) is 11.8 Å². The maximum atomic E-state index is 12.9. The van der Waals surface area contributed by atoms with Crippen LogP contribution in [0.1, 0.15) is 39.9 Å². The highest BCUT2D eigenvalue weighted by Gasteiger charge is 2.39. The Hall–Kier alpha value is -4.21. The number of benzene rings is 2. The number of imide groups is 1. The third-order valence-electron chi connectivity index (χ3n) is 7.00. The largest absolute Gasteiger partial charge is 0.497 e. The van der Waals surface area contributed by atoms with Gasteiger partial charge in [-0.3, -0.25) is 19.7 Å². The Balaban J connectivity index is 1.20. The van der Waals surface area contributed by atoms with Crippen molar-refractivity contribution in [2.24, 2.45) is 0 Å². The number of methoxy groups -OCH3 is 1. The Morgan fingerprint density at radius 1 is 1.00 bits per heavy atom. The third-order valence-corrected chi connectivity index (χ3v) is 7.00. The van der Waals surface area contributed by atoms with Crippen LogP contribution in [0, 0.1) is 0 Å². The number of nitrogens with one attached hydrogen (secondary N) is 1. The molecule has 10 heteroatoms. The predicted octanol–water partition coefficient (Wildman–Crippen LogP) is 1.60. The minimum absolute atomic E-state index is 0.191. The van der Waals surface area contributed by atoms with E-state index in [9.17, 15) is 14.4 Å². The van der Waals surface area contributed by atoms with Crippen LogP contribution < -0.4 is 15.0 Å². The number of hydrogen-bond donors (Lipinski definition) is 1. The lowest BCUT2D eigenvalue weighted by atomic mass is 9.99. The molecule has 1 unspecified atom stereocenters. The number of piperidine rings is 1. The topological polar surface area (TPSA) is 110 Å². The fraction of sp³-hybridized carbons (Fsp3) is 0.320. The molecule has 0 bridgehead atoms. The van der Waals surface area contributed by atoms with Crippen molar-refractivity contribution in [2.75, 3.05) is 18.6 Å². The normalized spacial score (nSPS) is 19.5. The first-order valence-corrected chi connectivity index (χ1v) is 11.6. The number of fused-ring (bicyclic) bond motifs is 2. The van der Waals surface area contributed by atoms with Gasteiger partial charge in [-0.1, -0.05) is 11.3 Å². The SMILES string of the molecule is COc1ccc2c(c1)CCN(c1cn(-c3ccc4c(c3)CN(C3CCC(=O)NC3=O)C4=O)nn1)C2. The molecule has 3 aliphatic heterocycles. The molecule has 1 aromatic heterocycles. The van der Waals surface area contributed by atoms with Gasteiger partial charge >= 0.3 is 0 Å². The van der Waals surface area contributed by atoms with E-state index in [1.54, 1.807) is 22.8 Å². The molecule has 6 rings (SSSR count). The van der Waals surface area contributed by atoms with Gasteiger partial charge in [-0.15, -0.1) is 5.10 Å². The molecule has 10 nitrogen and oxygen atoms in total. The van der Waals surface area contributed by atoms with Crippen molar-refractivity contribution in [1.82, 2.24) is 25.2 Å². The highest BCUT2D eigenvalue weighted by Crippen LogP contribution is 2.30. The zero-order valence-corrected chi connectivity index (χ0v) is 19.2. The molecule has 2 aromatic carbocycles. The molecule has 3 aliphatic rings. The highest BCUT2D eigenvalue weighted by atomic mass is 16.5. The summed E-state index contributed by atoms with van der Waals surface area (Å²) in [4.78, 5) is 40.4.